The van der Waals surface area contributed by atoms with Crippen molar-refractivity contribution in [3.05, 3.63) is 48.5 Å². The topological polar surface area (TPSA) is 79.9 Å². The number of amides is 2. The van der Waals surface area contributed by atoms with Gasteiger partial charge in [0, 0.05) is 12.7 Å². The molecular formula is C19H19F2N3O4. The van der Waals surface area contributed by atoms with Gasteiger partial charge in [-0.3, -0.25) is 9.59 Å². The maximum absolute atomic E-state index is 12.5. The van der Waals surface area contributed by atoms with Crippen LogP contribution in [0.3, 0.4) is 0 Å². The quantitative estimate of drug-likeness (QED) is 0.790. The van der Waals surface area contributed by atoms with Crippen LogP contribution in [0.1, 0.15) is 0 Å². The summed E-state index contributed by atoms with van der Waals surface area (Å²) in [6.07, 6.45) is -0.738. The number of hydrogen-bond acceptors (Lipinski definition) is 5. The van der Waals surface area contributed by atoms with Gasteiger partial charge in [-0.05, 0) is 36.4 Å². The van der Waals surface area contributed by atoms with Gasteiger partial charge in [-0.25, -0.2) is 0 Å². The fourth-order valence-electron chi connectivity index (χ4n) is 2.85. The molecule has 148 valence electrons. The van der Waals surface area contributed by atoms with Crippen molar-refractivity contribution in [2.24, 2.45) is 0 Å². The van der Waals surface area contributed by atoms with Crippen molar-refractivity contribution in [1.82, 2.24) is 5.32 Å². The van der Waals surface area contributed by atoms with E-state index in [0.717, 1.165) is 0 Å². The fourth-order valence-corrected chi connectivity index (χ4v) is 2.85. The van der Waals surface area contributed by atoms with E-state index in [9.17, 15) is 18.4 Å². The summed E-state index contributed by atoms with van der Waals surface area (Å²) >= 11 is 0. The average molecular weight is 391 g/mol. The second kappa shape index (κ2) is 8.55. The van der Waals surface area contributed by atoms with Crippen LogP contribution in [0.15, 0.2) is 48.5 Å². The lowest BCUT2D eigenvalue weighted by Gasteiger charge is -2.34. The van der Waals surface area contributed by atoms with Gasteiger partial charge in [0.2, 0.25) is 5.91 Å². The van der Waals surface area contributed by atoms with Crippen LogP contribution in [0.25, 0.3) is 0 Å². The van der Waals surface area contributed by atoms with E-state index in [1.807, 2.05) is 6.07 Å². The Morgan fingerprint density at radius 1 is 1.21 bits per heavy atom. The summed E-state index contributed by atoms with van der Waals surface area (Å²) in [5.41, 5.74) is 1.15. The number of para-hydroxylation sites is 2. The SMILES string of the molecule is CNC(=O)[C@H]1CN(CC(=O)Nc2ccc(OC(F)F)cc2)c2ccccc2O1. The summed E-state index contributed by atoms with van der Waals surface area (Å²) in [7, 11) is 1.52. The molecule has 0 fully saturated rings. The van der Waals surface area contributed by atoms with Crippen molar-refractivity contribution < 1.29 is 27.8 Å². The number of alkyl halides is 2. The highest BCUT2D eigenvalue weighted by molar-refractivity contribution is 5.95. The molecule has 0 unspecified atom stereocenters. The molecule has 0 spiro atoms. The van der Waals surface area contributed by atoms with E-state index in [-0.39, 0.29) is 30.7 Å². The van der Waals surface area contributed by atoms with Gasteiger partial charge in [0.1, 0.15) is 11.5 Å². The molecule has 1 heterocycles. The first-order valence-electron chi connectivity index (χ1n) is 8.53. The Morgan fingerprint density at radius 2 is 1.93 bits per heavy atom. The zero-order valence-corrected chi connectivity index (χ0v) is 15.0. The third kappa shape index (κ3) is 4.67. The van der Waals surface area contributed by atoms with E-state index in [1.165, 1.54) is 31.3 Å². The summed E-state index contributed by atoms with van der Waals surface area (Å²) in [6.45, 7) is -2.70. The number of anilines is 2. The molecule has 28 heavy (non-hydrogen) atoms. The van der Waals surface area contributed by atoms with Crippen LogP contribution < -0.4 is 25.0 Å². The van der Waals surface area contributed by atoms with Gasteiger partial charge < -0.3 is 25.0 Å². The van der Waals surface area contributed by atoms with E-state index in [1.54, 1.807) is 23.1 Å². The maximum atomic E-state index is 12.5. The number of halogens is 2. The van der Waals surface area contributed by atoms with Crippen LogP contribution in [0.2, 0.25) is 0 Å². The first kappa shape index (κ1) is 19.4. The molecule has 7 nitrogen and oxygen atoms in total. The van der Waals surface area contributed by atoms with Crippen LogP contribution in [0.5, 0.6) is 11.5 Å². The monoisotopic (exact) mass is 391 g/mol. The third-order valence-electron chi connectivity index (χ3n) is 4.10. The summed E-state index contributed by atoms with van der Waals surface area (Å²) in [4.78, 5) is 26.2. The van der Waals surface area contributed by atoms with Crippen molar-refractivity contribution in [2.45, 2.75) is 12.7 Å². The predicted molar refractivity (Wildman–Crippen MR) is 98.8 cm³/mol. The molecule has 0 bridgehead atoms. The number of benzene rings is 2. The largest absolute Gasteiger partial charge is 0.477 e. The van der Waals surface area contributed by atoms with Crippen LogP contribution >= 0.6 is 0 Å². The predicted octanol–water partition coefficient (Wildman–Crippen LogP) is 2.24. The van der Waals surface area contributed by atoms with Gasteiger partial charge >= 0.3 is 6.61 Å². The molecule has 2 N–H and O–H groups in total. The van der Waals surface area contributed by atoms with Crippen molar-refractivity contribution in [3.63, 3.8) is 0 Å². The number of hydrogen-bond donors (Lipinski definition) is 2. The highest BCUT2D eigenvalue weighted by Gasteiger charge is 2.30. The Bertz CT molecular complexity index is 845. The van der Waals surface area contributed by atoms with Crippen molar-refractivity contribution >= 4 is 23.2 Å². The Morgan fingerprint density at radius 3 is 2.61 bits per heavy atom. The molecule has 2 amide bonds. The minimum atomic E-state index is -2.91. The van der Waals surface area contributed by atoms with Gasteiger partial charge in [0.25, 0.3) is 5.91 Å². The molecule has 0 radical (unpaired) electrons. The van der Waals surface area contributed by atoms with Crippen LogP contribution in [0, 0.1) is 0 Å². The smallest absolute Gasteiger partial charge is 0.387 e. The Balaban J connectivity index is 1.67. The number of likely N-dealkylation sites (N-methyl/N-ethyl adjacent to an activating group) is 1. The Kier molecular flexibility index (Phi) is 5.93. The average Bonchev–Trinajstić information content (AvgIpc) is 2.68. The standard InChI is InChI=1S/C19H19F2N3O4/c1-22-18(26)16-10-24(14-4-2-3-5-15(14)28-16)11-17(25)23-12-6-8-13(9-7-12)27-19(20)21/h2-9,16,19H,10-11H2,1H3,(H,22,26)(H,23,25)/t16-/m1/s1. The summed E-state index contributed by atoms with van der Waals surface area (Å²) < 4.78 is 34.4. The molecule has 0 aromatic heterocycles. The minimum absolute atomic E-state index is 0.00326. The molecule has 1 atom stereocenters. The van der Waals surface area contributed by atoms with Crippen LogP contribution in [-0.4, -0.2) is 44.7 Å². The maximum Gasteiger partial charge on any atom is 0.387 e. The molecule has 2 aromatic carbocycles. The summed E-state index contributed by atoms with van der Waals surface area (Å²) in [5.74, 6) is -0.0865. The second-order valence-corrected chi connectivity index (χ2v) is 6.02. The van der Waals surface area contributed by atoms with Crippen LogP contribution in [-0.2, 0) is 9.59 Å². The molecule has 2 aromatic rings. The summed E-state index contributed by atoms with van der Waals surface area (Å²) in [6, 6.07) is 12.8. The lowest BCUT2D eigenvalue weighted by atomic mass is 10.1. The number of rotatable bonds is 6. The number of ether oxygens (including phenoxy) is 2. The minimum Gasteiger partial charge on any atom is -0.477 e. The van der Waals surface area contributed by atoms with Gasteiger partial charge in [-0.1, -0.05) is 12.1 Å². The lowest BCUT2D eigenvalue weighted by molar-refractivity contribution is -0.127. The van der Waals surface area contributed by atoms with E-state index in [2.05, 4.69) is 15.4 Å². The van der Waals surface area contributed by atoms with Crippen molar-refractivity contribution in [3.8, 4) is 11.5 Å². The fraction of sp³-hybridized carbons (Fsp3) is 0.263. The highest BCUT2D eigenvalue weighted by Crippen LogP contribution is 2.33. The van der Waals surface area contributed by atoms with Gasteiger partial charge in [-0.2, -0.15) is 8.78 Å². The zero-order valence-electron chi connectivity index (χ0n) is 15.0. The normalized spacial score (nSPS) is 15.4. The molecule has 0 aliphatic carbocycles. The molecule has 1 aliphatic rings. The molecule has 3 rings (SSSR count). The van der Waals surface area contributed by atoms with E-state index in [4.69, 9.17) is 4.74 Å². The Hall–Kier alpha value is -3.36. The number of carbonyl (C=O) groups excluding carboxylic acids is 2. The highest BCUT2D eigenvalue weighted by atomic mass is 19.3. The van der Waals surface area contributed by atoms with Crippen molar-refractivity contribution in [2.75, 3.05) is 30.4 Å². The van der Waals surface area contributed by atoms with E-state index >= 15 is 0 Å². The van der Waals surface area contributed by atoms with Gasteiger partial charge in [0.15, 0.2) is 6.10 Å². The molecular weight excluding hydrogens is 372 g/mol. The van der Waals surface area contributed by atoms with Crippen molar-refractivity contribution in [1.29, 1.82) is 0 Å². The van der Waals surface area contributed by atoms with Crippen LogP contribution in [0.4, 0.5) is 20.2 Å². The lowest BCUT2D eigenvalue weighted by Crippen LogP contribution is -2.50. The number of carbonyl (C=O) groups is 2. The number of fused-ring (bicyclic) bond motifs is 1. The third-order valence-corrected chi connectivity index (χ3v) is 4.10. The first-order valence-corrected chi connectivity index (χ1v) is 8.53. The molecule has 9 heteroatoms. The first-order chi connectivity index (χ1) is 13.5. The Labute approximate surface area is 160 Å². The molecule has 1 aliphatic heterocycles. The van der Waals surface area contributed by atoms with Gasteiger partial charge in [-0.15, -0.1) is 0 Å². The zero-order chi connectivity index (χ0) is 20.1. The molecule has 0 saturated carbocycles. The molecule has 0 saturated heterocycles. The van der Waals surface area contributed by atoms with Gasteiger partial charge in [0.05, 0.1) is 18.8 Å². The number of nitrogens with zero attached hydrogens (tertiary/aromatic N) is 1. The second-order valence-electron chi connectivity index (χ2n) is 6.02. The van der Waals surface area contributed by atoms with E-state index < -0.39 is 12.7 Å². The van der Waals surface area contributed by atoms with E-state index in [0.29, 0.717) is 17.1 Å². The summed E-state index contributed by atoms with van der Waals surface area (Å²) in [5, 5.41) is 5.24. The number of nitrogens with one attached hydrogen (secondary N) is 2.